The molecule has 2 aromatic heterocycles. The van der Waals surface area contributed by atoms with Gasteiger partial charge in [0.05, 0.1) is 11.1 Å². The fourth-order valence-electron chi connectivity index (χ4n) is 4.01. The molecular formula is C22H29FN6. The lowest BCUT2D eigenvalue weighted by atomic mass is 10.1. The van der Waals surface area contributed by atoms with Gasteiger partial charge in [0, 0.05) is 50.6 Å². The quantitative estimate of drug-likeness (QED) is 0.733. The lowest BCUT2D eigenvalue weighted by Crippen LogP contribution is -2.49. The molecule has 0 radical (unpaired) electrons. The minimum Gasteiger partial charge on any atom is -0.369 e. The van der Waals surface area contributed by atoms with E-state index in [0.717, 1.165) is 60.9 Å². The third-order valence-corrected chi connectivity index (χ3v) is 5.49. The molecule has 1 atom stereocenters. The number of nitrogens with one attached hydrogen (secondary N) is 1. The number of hydrogen-bond donors (Lipinski definition) is 1. The fourth-order valence-corrected chi connectivity index (χ4v) is 4.01. The normalized spacial score (nSPS) is 19.0. The Labute approximate surface area is 171 Å². The van der Waals surface area contributed by atoms with Gasteiger partial charge in [0.15, 0.2) is 5.65 Å². The summed E-state index contributed by atoms with van der Waals surface area (Å²) >= 11 is 0. The summed E-state index contributed by atoms with van der Waals surface area (Å²) in [4.78, 5) is 13.9. The fraction of sp³-hybridized carbons (Fsp3) is 0.455. The molecule has 5 rings (SSSR count). The number of fused-ring (bicyclic) bond motifs is 1. The van der Waals surface area contributed by atoms with Crippen molar-refractivity contribution in [2.24, 2.45) is 0 Å². The number of hydrogen-bond acceptors (Lipinski definition) is 5. The average molecular weight is 397 g/mol. The Kier molecular flexibility index (Phi) is 5.67. The minimum atomic E-state index is -0.245. The molecule has 1 aromatic carbocycles. The van der Waals surface area contributed by atoms with E-state index in [1.807, 2.05) is 24.5 Å². The van der Waals surface area contributed by atoms with Crippen molar-refractivity contribution < 1.29 is 4.39 Å². The van der Waals surface area contributed by atoms with Crippen LogP contribution in [0.2, 0.25) is 0 Å². The van der Waals surface area contributed by atoms with Gasteiger partial charge in [-0.05, 0) is 31.5 Å². The monoisotopic (exact) mass is 396 g/mol. The number of benzene rings is 1. The van der Waals surface area contributed by atoms with Crippen LogP contribution in [0.5, 0.6) is 0 Å². The second kappa shape index (κ2) is 8.37. The van der Waals surface area contributed by atoms with Gasteiger partial charge in [-0.3, -0.25) is 4.57 Å². The zero-order valence-corrected chi connectivity index (χ0v) is 17.4. The van der Waals surface area contributed by atoms with E-state index < -0.39 is 0 Å². The van der Waals surface area contributed by atoms with Gasteiger partial charge in [0.25, 0.3) is 0 Å². The zero-order chi connectivity index (χ0) is 20.4. The molecule has 2 aliphatic rings. The zero-order valence-electron chi connectivity index (χ0n) is 17.4. The Morgan fingerprint density at radius 2 is 1.93 bits per heavy atom. The van der Waals surface area contributed by atoms with E-state index in [-0.39, 0.29) is 5.82 Å². The lowest BCUT2D eigenvalue weighted by Gasteiger charge is -2.35. The molecule has 2 aliphatic heterocycles. The first-order chi connectivity index (χ1) is 14.2. The van der Waals surface area contributed by atoms with Crippen LogP contribution in [0.3, 0.4) is 0 Å². The Balaban J connectivity index is 0.000000994. The van der Waals surface area contributed by atoms with E-state index in [2.05, 4.69) is 38.2 Å². The van der Waals surface area contributed by atoms with E-state index in [4.69, 9.17) is 0 Å². The summed E-state index contributed by atoms with van der Waals surface area (Å²) in [6, 6.07) is 7.08. The second-order valence-corrected chi connectivity index (χ2v) is 7.40. The third-order valence-electron chi connectivity index (χ3n) is 5.49. The molecule has 0 spiro atoms. The van der Waals surface area contributed by atoms with Gasteiger partial charge in [0.2, 0.25) is 0 Å². The molecule has 1 unspecified atom stereocenters. The van der Waals surface area contributed by atoms with Crippen molar-refractivity contribution in [3.05, 3.63) is 42.6 Å². The molecule has 6 nitrogen and oxygen atoms in total. The van der Waals surface area contributed by atoms with Crippen LogP contribution in [-0.4, -0.2) is 53.3 Å². The second-order valence-electron chi connectivity index (χ2n) is 7.40. The summed E-state index contributed by atoms with van der Waals surface area (Å²) < 4.78 is 15.8. The number of halogens is 1. The van der Waals surface area contributed by atoms with Gasteiger partial charge < -0.3 is 15.1 Å². The Hall–Kier alpha value is -2.67. The summed E-state index contributed by atoms with van der Waals surface area (Å²) in [5.74, 6) is 0.732. The van der Waals surface area contributed by atoms with Crippen LogP contribution in [-0.2, 0) is 0 Å². The molecule has 1 N–H and O–H groups in total. The highest BCUT2D eigenvalue weighted by Crippen LogP contribution is 2.38. The van der Waals surface area contributed by atoms with Gasteiger partial charge in [-0.15, -0.1) is 0 Å². The van der Waals surface area contributed by atoms with Gasteiger partial charge in [-0.1, -0.05) is 19.9 Å². The molecule has 2 fully saturated rings. The van der Waals surface area contributed by atoms with E-state index in [1.54, 1.807) is 18.5 Å². The van der Waals surface area contributed by atoms with E-state index in [1.165, 1.54) is 12.5 Å². The molecule has 0 amide bonds. The summed E-state index contributed by atoms with van der Waals surface area (Å²) in [5.41, 5.74) is 2.76. The molecule has 0 aliphatic carbocycles. The topological polar surface area (TPSA) is 49.2 Å². The van der Waals surface area contributed by atoms with Crippen molar-refractivity contribution >= 4 is 22.5 Å². The molecule has 29 heavy (non-hydrogen) atoms. The largest absolute Gasteiger partial charge is 0.369 e. The SMILES string of the molecule is CC.CC1CN(c2ncnc3c2c(N2CCC2)cn3-c2cccc(F)c2)CCN1. The molecule has 4 heterocycles. The maximum atomic E-state index is 13.8. The van der Waals surface area contributed by atoms with Crippen molar-refractivity contribution in [1.29, 1.82) is 0 Å². The minimum absolute atomic E-state index is 0.245. The van der Waals surface area contributed by atoms with Gasteiger partial charge in [0.1, 0.15) is 18.0 Å². The number of anilines is 2. The summed E-state index contributed by atoms with van der Waals surface area (Å²) in [7, 11) is 0. The van der Waals surface area contributed by atoms with Crippen LogP contribution < -0.4 is 15.1 Å². The van der Waals surface area contributed by atoms with Crippen molar-refractivity contribution in [2.45, 2.75) is 33.2 Å². The van der Waals surface area contributed by atoms with Crippen molar-refractivity contribution in [2.75, 3.05) is 42.5 Å². The summed E-state index contributed by atoms with van der Waals surface area (Å²) in [6.45, 7) is 11.0. The predicted molar refractivity (Wildman–Crippen MR) is 117 cm³/mol. The standard InChI is InChI=1S/C20H23FN6.C2H6/c1-14-11-26(9-6-22-14)19-18-17(25-7-3-8-25)12-27(20(18)24-13-23-19)16-5-2-4-15(21)10-16;1-2/h2,4-5,10,12-14,22H,3,6-9,11H2,1H3;1-2H3. The molecule has 0 bridgehead atoms. The Morgan fingerprint density at radius 3 is 2.62 bits per heavy atom. The molecule has 154 valence electrons. The van der Waals surface area contributed by atoms with Crippen LogP contribution in [0.15, 0.2) is 36.8 Å². The maximum absolute atomic E-state index is 13.8. The highest BCUT2D eigenvalue weighted by Gasteiger charge is 2.27. The third kappa shape index (κ3) is 3.67. The first kappa shape index (κ1) is 19.6. The molecule has 2 saturated heterocycles. The van der Waals surface area contributed by atoms with Gasteiger partial charge in [-0.25, -0.2) is 14.4 Å². The van der Waals surface area contributed by atoms with E-state index >= 15 is 0 Å². The Morgan fingerprint density at radius 1 is 1.10 bits per heavy atom. The Bertz CT molecular complexity index is 981. The van der Waals surface area contributed by atoms with Gasteiger partial charge >= 0.3 is 0 Å². The van der Waals surface area contributed by atoms with E-state index in [0.29, 0.717) is 6.04 Å². The maximum Gasteiger partial charge on any atom is 0.152 e. The van der Waals surface area contributed by atoms with Crippen molar-refractivity contribution in [3.63, 3.8) is 0 Å². The summed E-state index contributed by atoms with van der Waals surface area (Å²) in [5, 5.41) is 4.55. The number of rotatable bonds is 3. The van der Waals surface area contributed by atoms with E-state index in [9.17, 15) is 4.39 Å². The first-order valence-electron chi connectivity index (χ1n) is 10.6. The van der Waals surface area contributed by atoms with Crippen LogP contribution >= 0.6 is 0 Å². The molecular weight excluding hydrogens is 367 g/mol. The number of nitrogens with zero attached hydrogens (tertiary/aromatic N) is 5. The molecule has 7 heteroatoms. The highest BCUT2D eigenvalue weighted by molar-refractivity contribution is 6.01. The highest BCUT2D eigenvalue weighted by atomic mass is 19.1. The first-order valence-corrected chi connectivity index (χ1v) is 10.6. The van der Waals surface area contributed by atoms with Crippen LogP contribution in [0, 0.1) is 5.82 Å². The van der Waals surface area contributed by atoms with Crippen LogP contribution in [0.4, 0.5) is 15.9 Å². The predicted octanol–water partition coefficient (Wildman–Crippen LogP) is 3.59. The van der Waals surface area contributed by atoms with Gasteiger partial charge in [-0.2, -0.15) is 0 Å². The van der Waals surface area contributed by atoms with Crippen LogP contribution in [0.1, 0.15) is 27.2 Å². The van der Waals surface area contributed by atoms with Crippen LogP contribution in [0.25, 0.3) is 16.7 Å². The number of aromatic nitrogens is 3. The lowest BCUT2D eigenvalue weighted by molar-refractivity contribution is 0.483. The number of piperazine rings is 1. The van der Waals surface area contributed by atoms with Crippen molar-refractivity contribution in [3.8, 4) is 5.69 Å². The molecule has 3 aromatic rings. The average Bonchev–Trinajstić information content (AvgIpc) is 3.08. The molecule has 0 saturated carbocycles. The van der Waals surface area contributed by atoms with Crippen molar-refractivity contribution in [1.82, 2.24) is 19.9 Å². The summed E-state index contributed by atoms with van der Waals surface area (Å²) in [6.07, 6.45) is 4.91. The smallest absolute Gasteiger partial charge is 0.152 e.